The van der Waals surface area contributed by atoms with Crippen LogP contribution in [0.1, 0.15) is 39.8 Å². The van der Waals surface area contributed by atoms with Crippen LogP contribution in [-0.4, -0.2) is 71.4 Å². The van der Waals surface area contributed by atoms with Crippen molar-refractivity contribution in [3.63, 3.8) is 0 Å². The first kappa shape index (κ1) is 29.8. The molecule has 2 aromatic rings. The molecule has 2 atom stereocenters. The number of aliphatic hydroxyl groups excluding tert-OH is 1. The van der Waals surface area contributed by atoms with Gasteiger partial charge in [-0.2, -0.15) is 0 Å². The normalized spacial score (nSPS) is 17.8. The fourth-order valence-electron chi connectivity index (χ4n) is 4.18. The van der Waals surface area contributed by atoms with Gasteiger partial charge in [-0.05, 0) is 19.4 Å². The van der Waals surface area contributed by atoms with Crippen LogP contribution in [0.2, 0.25) is 0 Å². The monoisotopic (exact) mass is 573 g/mol. The molecule has 2 N–H and O–H groups in total. The average molecular weight is 574 g/mol. The predicted molar refractivity (Wildman–Crippen MR) is 130 cm³/mol. The fraction of sp³-hybridized carbons (Fsp3) is 0.417. The Kier molecular flexibility index (Phi) is 9.83. The molecule has 12 nitrogen and oxygen atoms in total. The smallest absolute Gasteiger partial charge is 0.451 e. The summed E-state index contributed by atoms with van der Waals surface area (Å²) < 4.78 is 48.9. The van der Waals surface area contributed by atoms with E-state index < -0.39 is 66.0 Å². The quantitative estimate of drug-likeness (QED) is 0.355. The van der Waals surface area contributed by atoms with Gasteiger partial charge in [0.1, 0.15) is 23.8 Å². The molecule has 4 rings (SSSR count). The van der Waals surface area contributed by atoms with Gasteiger partial charge in [0.25, 0.3) is 11.8 Å². The minimum atomic E-state index is -1.19. The Morgan fingerprint density at radius 1 is 1.23 bits per heavy atom. The third-order valence-corrected chi connectivity index (χ3v) is 6.05. The Morgan fingerprint density at radius 2 is 2.00 bits per heavy atom. The molecule has 1 fully saturated rings. The number of carbonyl (C=O) groups excluding carboxylic acids is 3. The van der Waals surface area contributed by atoms with E-state index in [0.717, 1.165) is 12.1 Å². The average Bonchev–Trinajstić information content (AvgIpc) is 2.88. The summed E-state index contributed by atoms with van der Waals surface area (Å²) in [6.45, 7) is 0.379. The van der Waals surface area contributed by atoms with Crippen LogP contribution in [0, 0.1) is 11.6 Å². The number of nitrogens with zero attached hydrogens (tertiary/aromatic N) is 2. The van der Waals surface area contributed by atoms with Crippen LogP contribution in [0.15, 0.2) is 29.2 Å². The standard InChI is InChI=1S/C24H25F2N3O9.ClH/c1-13-4-6-35-18-11-28-10-16(22(32)27-9-14-2-3-15(25)8-17(14)26)20(31)21(19(28)23(33)29(13)18)37-12-38-24(34)36-7-5-30;/h2-3,8,10,13,18,30H,4-7,9,11-12H2,1H3,(H,27,32);1H/t13-,18+;/m1./s1. The first-order valence-corrected chi connectivity index (χ1v) is 11.7. The third kappa shape index (κ3) is 6.46. The van der Waals surface area contributed by atoms with E-state index in [4.69, 9.17) is 19.3 Å². The van der Waals surface area contributed by atoms with Crippen molar-refractivity contribution in [2.24, 2.45) is 0 Å². The fourth-order valence-corrected chi connectivity index (χ4v) is 4.18. The Hall–Kier alpha value is -3.75. The van der Waals surface area contributed by atoms with Crippen LogP contribution in [0.25, 0.3) is 0 Å². The molecule has 1 aromatic heterocycles. The summed E-state index contributed by atoms with van der Waals surface area (Å²) in [4.78, 5) is 52.7. The van der Waals surface area contributed by atoms with Crippen LogP contribution in [0.5, 0.6) is 5.75 Å². The van der Waals surface area contributed by atoms with Crippen molar-refractivity contribution in [3.8, 4) is 5.75 Å². The lowest BCUT2D eigenvalue weighted by Gasteiger charge is -2.44. The van der Waals surface area contributed by atoms with E-state index in [1.54, 1.807) is 0 Å². The van der Waals surface area contributed by atoms with Crippen molar-refractivity contribution in [1.82, 2.24) is 14.8 Å². The van der Waals surface area contributed by atoms with Gasteiger partial charge in [-0.3, -0.25) is 14.4 Å². The van der Waals surface area contributed by atoms with E-state index in [1.807, 2.05) is 6.92 Å². The zero-order valence-electron chi connectivity index (χ0n) is 20.7. The lowest BCUT2D eigenvalue weighted by atomic mass is 10.1. The van der Waals surface area contributed by atoms with Crippen LogP contribution in [-0.2, 0) is 27.3 Å². The Balaban J connectivity index is 0.00000420. The molecule has 2 amide bonds. The second kappa shape index (κ2) is 12.9. The number of benzene rings is 1. The first-order valence-electron chi connectivity index (χ1n) is 11.7. The molecule has 212 valence electrons. The zero-order valence-corrected chi connectivity index (χ0v) is 21.5. The van der Waals surface area contributed by atoms with Gasteiger partial charge in [0.15, 0.2) is 11.9 Å². The van der Waals surface area contributed by atoms with Gasteiger partial charge in [0.2, 0.25) is 18.0 Å². The molecule has 0 spiro atoms. The van der Waals surface area contributed by atoms with Crippen molar-refractivity contribution >= 4 is 30.4 Å². The number of hydrogen-bond acceptors (Lipinski definition) is 9. The van der Waals surface area contributed by atoms with Crippen molar-refractivity contribution in [2.45, 2.75) is 38.7 Å². The summed E-state index contributed by atoms with van der Waals surface area (Å²) in [6.07, 6.45) is -0.0893. The number of nitrogens with one attached hydrogen (secondary N) is 1. The maximum atomic E-state index is 14.0. The summed E-state index contributed by atoms with van der Waals surface area (Å²) in [5, 5.41) is 11.1. The molecule has 1 saturated heterocycles. The molecule has 1 aromatic carbocycles. The molecule has 39 heavy (non-hydrogen) atoms. The number of aliphatic hydroxyl groups is 1. The SMILES string of the molecule is C[C@@H]1CCO[C@H]2Cn3cc(C(=O)NCc4ccc(F)cc4F)c(=O)c(OCOC(=O)OCCO)c3C(=O)N12.Cl. The molecule has 0 saturated carbocycles. The Morgan fingerprint density at radius 3 is 2.72 bits per heavy atom. The second-order valence-electron chi connectivity index (χ2n) is 8.52. The maximum Gasteiger partial charge on any atom is 0.511 e. The predicted octanol–water partition coefficient (Wildman–Crippen LogP) is 1.55. The molecular weight excluding hydrogens is 548 g/mol. The minimum Gasteiger partial charge on any atom is -0.451 e. The van der Waals surface area contributed by atoms with E-state index in [-0.39, 0.29) is 49.4 Å². The van der Waals surface area contributed by atoms with Gasteiger partial charge in [0, 0.05) is 30.4 Å². The summed E-state index contributed by atoms with van der Waals surface area (Å²) in [7, 11) is 0. The third-order valence-electron chi connectivity index (χ3n) is 6.05. The minimum absolute atomic E-state index is 0. The van der Waals surface area contributed by atoms with Gasteiger partial charge in [0.05, 0.1) is 19.8 Å². The van der Waals surface area contributed by atoms with Crippen LogP contribution in [0.4, 0.5) is 13.6 Å². The van der Waals surface area contributed by atoms with Crippen LogP contribution in [0.3, 0.4) is 0 Å². The molecule has 3 heterocycles. The van der Waals surface area contributed by atoms with Crippen LogP contribution < -0.4 is 15.5 Å². The molecule has 2 aliphatic heterocycles. The number of ether oxygens (including phenoxy) is 4. The molecule has 0 aliphatic carbocycles. The largest absolute Gasteiger partial charge is 0.511 e. The van der Waals surface area contributed by atoms with Crippen molar-refractivity contribution in [1.29, 1.82) is 0 Å². The molecule has 15 heteroatoms. The Bertz CT molecular complexity index is 1310. The number of amides is 2. The van der Waals surface area contributed by atoms with Crippen LogP contribution >= 0.6 is 12.4 Å². The lowest BCUT2D eigenvalue weighted by Crippen LogP contribution is -2.57. The molecule has 0 radical (unpaired) electrons. The molecule has 0 unspecified atom stereocenters. The second-order valence-corrected chi connectivity index (χ2v) is 8.52. The number of rotatable bonds is 8. The highest BCUT2D eigenvalue weighted by atomic mass is 35.5. The van der Waals surface area contributed by atoms with Gasteiger partial charge >= 0.3 is 6.16 Å². The van der Waals surface area contributed by atoms with E-state index in [0.29, 0.717) is 19.1 Å². The highest BCUT2D eigenvalue weighted by Crippen LogP contribution is 2.30. The number of pyridine rings is 1. The van der Waals surface area contributed by atoms with Crippen molar-refractivity contribution < 1.29 is 47.2 Å². The molecule has 2 aliphatic rings. The lowest BCUT2D eigenvalue weighted by molar-refractivity contribution is -0.112. The summed E-state index contributed by atoms with van der Waals surface area (Å²) in [5.41, 5.74) is -1.59. The highest BCUT2D eigenvalue weighted by Gasteiger charge is 2.41. The van der Waals surface area contributed by atoms with E-state index in [2.05, 4.69) is 10.1 Å². The van der Waals surface area contributed by atoms with Gasteiger partial charge in [-0.1, -0.05) is 6.07 Å². The number of aromatic nitrogens is 1. The maximum absolute atomic E-state index is 14.0. The highest BCUT2D eigenvalue weighted by molar-refractivity contribution is 5.99. The van der Waals surface area contributed by atoms with Crippen molar-refractivity contribution in [3.05, 3.63) is 63.1 Å². The number of fused-ring (bicyclic) bond motifs is 2. The van der Waals surface area contributed by atoms with E-state index in [9.17, 15) is 28.0 Å². The van der Waals surface area contributed by atoms with Gasteiger partial charge in [-0.15, -0.1) is 12.4 Å². The number of halogens is 3. The van der Waals surface area contributed by atoms with E-state index >= 15 is 0 Å². The molecule has 0 bridgehead atoms. The topological polar surface area (TPSA) is 146 Å². The summed E-state index contributed by atoms with van der Waals surface area (Å²) in [6, 6.07) is 2.64. The summed E-state index contributed by atoms with van der Waals surface area (Å²) >= 11 is 0. The number of hydrogen-bond donors (Lipinski definition) is 2. The zero-order chi connectivity index (χ0) is 27.4. The van der Waals surface area contributed by atoms with E-state index in [1.165, 1.54) is 15.7 Å². The number of carbonyl (C=O) groups is 3. The van der Waals surface area contributed by atoms with Crippen molar-refractivity contribution in [2.75, 3.05) is 26.6 Å². The Labute approximate surface area is 226 Å². The molecular formula is C24H26ClF2N3O9. The first-order chi connectivity index (χ1) is 18.2. The van der Waals surface area contributed by atoms with Gasteiger partial charge < -0.3 is 38.8 Å². The van der Waals surface area contributed by atoms with Gasteiger partial charge in [-0.25, -0.2) is 13.6 Å². The summed E-state index contributed by atoms with van der Waals surface area (Å²) in [5.74, 6) is -3.69.